The van der Waals surface area contributed by atoms with Gasteiger partial charge in [0.05, 0.1) is 5.41 Å². The highest BCUT2D eigenvalue weighted by Crippen LogP contribution is 2.33. The predicted octanol–water partition coefficient (Wildman–Crippen LogP) is 1.40. The van der Waals surface area contributed by atoms with Crippen molar-refractivity contribution >= 4 is 23.8 Å². The number of carboxylic acid groups (broad SMARTS) is 1. The summed E-state index contributed by atoms with van der Waals surface area (Å²) in [6, 6.07) is -0.153. The molecule has 6 nitrogen and oxygen atoms in total. The minimum absolute atomic E-state index is 0.0454. The Morgan fingerprint density at radius 2 is 2.00 bits per heavy atom. The lowest BCUT2D eigenvalue weighted by Crippen LogP contribution is -2.48. The molecule has 21 heavy (non-hydrogen) atoms. The molecule has 2 aliphatic rings. The Balaban J connectivity index is 1.86. The molecule has 1 atom stereocenters. The third-order valence-electron chi connectivity index (χ3n) is 4.68. The number of urea groups is 1. The van der Waals surface area contributed by atoms with Crippen molar-refractivity contribution in [1.29, 1.82) is 0 Å². The van der Waals surface area contributed by atoms with E-state index in [4.69, 9.17) is 4.74 Å². The highest BCUT2D eigenvalue weighted by molar-refractivity contribution is 8.00. The van der Waals surface area contributed by atoms with Crippen LogP contribution in [-0.2, 0) is 9.53 Å². The fourth-order valence-corrected chi connectivity index (χ4v) is 3.65. The number of thioether (sulfide) groups is 1. The third-order valence-corrected chi connectivity index (χ3v) is 6.09. The first kappa shape index (κ1) is 16.4. The number of aliphatic carboxylic acids is 1. The van der Waals surface area contributed by atoms with E-state index in [2.05, 4.69) is 11.6 Å². The Bertz CT molecular complexity index is 412. The summed E-state index contributed by atoms with van der Waals surface area (Å²) in [6.07, 6.45) is 4.44. The first-order valence-electron chi connectivity index (χ1n) is 7.30. The van der Waals surface area contributed by atoms with Gasteiger partial charge in [-0.15, -0.1) is 0 Å². The number of carbonyl (C=O) groups is 2. The van der Waals surface area contributed by atoms with Crippen molar-refractivity contribution in [1.82, 2.24) is 10.2 Å². The van der Waals surface area contributed by atoms with Crippen LogP contribution in [0.25, 0.3) is 0 Å². The molecule has 7 heteroatoms. The predicted molar refractivity (Wildman–Crippen MR) is 81.6 cm³/mol. The van der Waals surface area contributed by atoms with E-state index in [-0.39, 0.29) is 17.3 Å². The van der Waals surface area contributed by atoms with Gasteiger partial charge in [0.1, 0.15) is 0 Å². The van der Waals surface area contributed by atoms with E-state index in [0.717, 1.165) is 26.1 Å². The summed E-state index contributed by atoms with van der Waals surface area (Å²) in [5, 5.41) is 12.2. The maximum Gasteiger partial charge on any atom is 0.317 e. The first-order valence-corrected chi connectivity index (χ1v) is 8.52. The number of carboxylic acids is 1. The molecule has 0 saturated carbocycles. The van der Waals surface area contributed by atoms with E-state index in [1.807, 2.05) is 0 Å². The molecule has 1 unspecified atom stereocenters. The topological polar surface area (TPSA) is 78.9 Å². The molecule has 0 aromatic heterocycles. The zero-order valence-electron chi connectivity index (χ0n) is 12.7. The summed E-state index contributed by atoms with van der Waals surface area (Å²) in [7, 11) is 0. The smallest absolute Gasteiger partial charge is 0.317 e. The Morgan fingerprint density at radius 3 is 2.52 bits per heavy atom. The number of nitrogens with zero attached hydrogens (tertiary/aromatic N) is 1. The average Bonchev–Trinajstić information content (AvgIpc) is 2.90. The van der Waals surface area contributed by atoms with Crippen LogP contribution in [0.15, 0.2) is 0 Å². The van der Waals surface area contributed by atoms with E-state index in [1.54, 1.807) is 23.6 Å². The summed E-state index contributed by atoms with van der Waals surface area (Å²) in [5.41, 5.74) is -0.812. The molecular formula is C14H24N2O4S. The van der Waals surface area contributed by atoms with Gasteiger partial charge in [0.15, 0.2) is 0 Å². The minimum atomic E-state index is -0.831. The van der Waals surface area contributed by atoms with Crippen LogP contribution < -0.4 is 5.32 Å². The van der Waals surface area contributed by atoms with Crippen LogP contribution in [0.4, 0.5) is 4.79 Å². The number of likely N-dealkylation sites (tertiary alicyclic amines) is 1. The molecule has 2 N–H and O–H groups in total. The molecule has 2 heterocycles. The van der Waals surface area contributed by atoms with E-state index in [1.165, 1.54) is 0 Å². The molecule has 0 aliphatic carbocycles. The molecule has 0 radical (unpaired) electrons. The highest BCUT2D eigenvalue weighted by Gasteiger charge is 2.42. The highest BCUT2D eigenvalue weighted by atomic mass is 32.2. The van der Waals surface area contributed by atoms with Crippen LogP contribution in [0.2, 0.25) is 0 Å². The van der Waals surface area contributed by atoms with Crippen LogP contribution in [0.3, 0.4) is 0 Å². The van der Waals surface area contributed by atoms with Crippen molar-refractivity contribution < 1.29 is 19.4 Å². The van der Waals surface area contributed by atoms with Gasteiger partial charge in [-0.25, -0.2) is 4.79 Å². The summed E-state index contributed by atoms with van der Waals surface area (Å²) in [4.78, 5) is 25.1. The SMILES string of the molecule is CSC1(CNC(=O)N2CCC(C)(C(=O)O)C2)CCOCC1. The fraction of sp³-hybridized carbons (Fsp3) is 0.857. The molecular weight excluding hydrogens is 292 g/mol. The van der Waals surface area contributed by atoms with E-state index in [9.17, 15) is 14.7 Å². The second kappa shape index (κ2) is 6.44. The lowest BCUT2D eigenvalue weighted by atomic mass is 9.90. The molecule has 2 rings (SSSR count). The molecule has 120 valence electrons. The lowest BCUT2D eigenvalue weighted by molar-refractivity contribution is -0.147. The summed E-state index contributed by atoms with van der Waals surface area (Å²) < 4.78 is 5.43. The quantitative estimate of drug-likeness (QED) is 0.820. The Morgan fingerprint density at radius 1 is 1.33 bits per heavy atom. The van der Waals surface area contributed by atoms with Gasteiger partial charge in [-0.2, -0.15) is 11.8 Å². The number of rotatable bonds is 4. The zero-order chi connectivity index (χ0) is 15.5. The van der Waals surface area contributed by atoms with E-state index in [0.29, 0.717) is 19.5 Å². The van der Waals surface area contributed by atoms with Crippen LogP contribution >= 0.6 is 11.8 Å². The second-order valence-electron chi connectivity index (χ2n) is 6.20. The normalized spacial score (nSPS) is 28.4. The molecule has 2 aliphatic heterocycles. The van der Waals surface area contributed by atoms with Gasteiger partial charge in [0, 0.05) is 37.6 Å². The fourth-order valence-electron chi connectivity index (χ4n) is 2.85. The largest absolute Gasteiger partial charge is 0.481 e. The van der Waals surface area contributed by atoms with Crippen molar-refractivity contribution in [3.05, 3.63) is 0 Å². The summed E-state index contributed by atoms with van der Waals surface area (Å²) in [5.74, 6) is -0.831. The Kier molecular flexibility index (Phi) is 5.03. The van der Waals surface area contributed by atoms with Crippen molar-refractivity contribution in [2.75, 3.05) is 39.1 Å². The Labute approximate surface area is 129 Å². The van der Waals surface area contributed by atoms with Crippen molar-refractivity contribution in [2.45, 2.75) is 30.9 Å². The molecule has 0 aromatic rings. The average molecular weight is 316 g/mol. The van der Waals surface area contributed by atoms with Crippen LogP contribution in [-0.4, -0.2) is 65.9 Å². The van der Waals surface area contributed by atoms with Crippen molar-refractivity contribution in [3.8, 4) is 0 Å². The second-order valence-corrected chi connectivity index (χ2v) is 7.47. The molecule has 2 amide bonds. The van der Waals surface area contributed by atoms with Gasteiger partial charge in [-0.05, 0) is 32.4 Å². The summed E-state index contributed by atoms with van der Waals surface area (Å²) >= 11 is 1.78. The maximum absolute atomic E-state index is 12.2. The number of hydrogen-bond acceptors (Lipinski definition) is 4. The maximum atomic E-state index is 12.2. The minimum Gasteiger partial charge on any atom is -0.481 e. The number of nitrogens with one attached hydrogen (secondary N) is 1. The number of ether oxygens (including phenoxy) is 1. The summed E-state index contributed by atoms with van der Waals surface area (Å²) in [6.45, 7) is 4.56. The zero-order valence-corrected chi connectivity index (χ0v) is 13.5. The standard InChI is InChI=1S/C14H24N2O4S/c1-13(11(17)18)3-6-16(10-13)12(19)15-9-14(21-2)4-7-20-8-5-14/h3-10H2,1-2H3,(H,15,19)(H,17,18). The number of carbonyl (C=O) groups excluding carboxylic acids is 1. The molecule has 0 bridgehead atoms. The number of hydrogen-bond donors (Lipinski definition) is 2. The van der Waals surface area contributed by atoms with Gasteiger partial charge < -0.3 is 20.1 Å². The van der Waals surface area contributed by atoms with Crippen LogP contribution in [0.1, 0.15) is 26.2 Å². The monoisotopic (exact) mass is 316 g/mol. The Hall–Kier alpha value is -0.950. The lowest BCUT2D eigenvalue weighted by Gasteiger charge is -2.36. The van der Waals surface area contributed by atoms with E-state index >= 15 is 0 Å². The van der Waals surface area contributed by atoms with Crippen molar-refractivity contribution in [3.63, 3.8) is 0 Å². The van der Waals surface area contributed by atoms with Crippen LogP contribution in [0.5, 0.6) is 0 Å². The van der Waals surface area contributed by atoms with Gasteiger partial charge in [0.2, 0.25) is 0 Å². The van der Waals surface area contributed by atoms with Gasteiger partial charge in [0.25, 0.3) is 0 Å². The molecule has 0 aromatic carbocycles. The van der Waals surface area contributed by atoms with Crippen molar-refractivity contribution in [2.24, 2.45) is 5.41 Å². The van der Waals surface area contributed by atoms with Gasteiger partial charge >= 0.3 is 12.0 Å². The molecule has 2 fully saturated rings. The number of amides is 2. The van der Waals surface area contributed by atoms with Gasteiger partial charge in [-0.1, -0.05) is 0 Å². The molecule has 0 spiro atoms. The third kappa shape index (κ3) is 3.63. The van der Waals surface area contributed by atoms with Crippen LogP contribution in [0, 0.1) is 5.41 Å². The first-order chi connectivity index (χ1) is 9.91. The van der Waals surface area contributed by atoms with Gasteiger partial charge in [-0.3, -0.25) is 4.79 Å². The molecule has 2 saturated heterocycles. The van der Waals surface area contributed by atoms with E-state index < -0.39 is 11.4 Å².